The highest BCUT2D eigenvalue weighted by Crippen LogP contribution is 2.35. The predicted molar refractivity (Wildman–Crippen MR) is 83.2 cm³/mol. The molecule has 6 heteroatoms. The molecular weight excluding hydrogens is 286 g/mol. The van der Waals surface area contributed by atoms with Crippen molar-refractivity contribution in [1.82, 2.24) is 10.2 Å². The summed E-state index contributed by atoms with van der Waals surface area (Å²) in [7, 11) is 0. The number of nitrogens with one attached hydrogen (secondary N) is 1. The second-order valence-electron chi connectivity index (χ2n) is 5.51. The van der Waals surface area contributed by atoms with Crippen LogP contribution in [0.2, 0.25) is 0 Å². The number of nitriles is 1. The Labute approximate surface area is 130 Å². The van der Waals surface area contributed by atoms with Gasteiger partial charge in [0.25, 0.3) is 0 Å². The molecule has 0 atom stereocenters. The first-order chi connectivity index (χ1) is 10.1. The summed E-state index contributed by atoms with van der Waals surface area (Å²) in [5, 5.41) is 12.8. The van der Waals surface area contributed by atoms with E-state index >= 15 is 0 Å². The minimum absolute atomic E-state index is 0.0428. The molecule has 2 aliphatic rings. The van der Waals surface area contributed by atoms with Crippen molar-refractivity contribution in [2.45, 2.75) is 51.5 Å². The lowest BCUT2D eigenvalue weighted by atomic mass is 10.0. The van der Waals surface area contributed by atoms with Crippen molar-refractivity contribution in [2.24, 2.45) is 0 Å². The van der Waals surface area contributed by atoms with Gasteiger partial charge < -0.3 is 15.0 Å². The maximum atomic E-state index is 11.9. The Morgan fingerprint density at radius 1 is 1.48 bits per heavy atom. The van der Waals surface area contributed by atoms with Crippen LogP contribution in [0.3, 0.4) is 0 Å². The van der Waals surface area contributed by atoms with Crippen LogP contribution in [-0.2, 0) is 9.53 Å². The third kappa shape index (κ3) is 3.03. The van der Waals surface area contributed by atoms with Crippen molar-refractivity contribution < 1.29 is 9.53 Å². The number of rotatable bonds is 3. The first-order valence-corrected chi connectivity index (χ1v) is 7.87. The quantitative estimate of drug-likeness (QED) is 0.492. The molecule has 1 spiro atoms. The van der Waals surface area contributed by atoms with Gasteiger partial charge in [-0.25, -0.2) is 0 Å². The molecule has 5 nitrogen and oxygen atoms in total. The third-order valence-electron chi connectivity index (χ3n) is 4.15. The van der Waals surface area contributed by atoms with E-state index in [2.05, 4.69) is 11.4 Å². The zero-order valence-corrected chi connectivity index (χ0v) is 13.4. The smallest absolute Gasteiger partial charge is 0.227 e. The van der Waals surface area contributed by atoms with E-state index < -0.39 is 0 Å². The summed E-state index contributed by atoms with van der Waals surface area (Å²) >= 11 is 5.34. The van der Waals surface area contributed by atoms with Crippen LogP contribution in [0.1, 0.15) is 46.0 Å². The first-order valence-electron chi connectivity index (χ1n) is 7.47. The van der Waals surface area contributed by atoms with Gasteiger partial charge in [-0.3, -0.25) is 4.79 Å². The van der Waals surface area contributed by atoms with Crippen molar-refractivity contribution in [3.63, 3.8) is 0 Å². The molecule has 0 bridgehead atoms. The van der Waals surface area contributed by atoms with Gasteiger partial charge in [0.1, 0.15) is 23.2 Å². The lowest BCUT2D eigenvalue weighted by molar-refractivity contribution is -0.126. The molecule has 0 aromatic heterocycles. The van der Waals surface area contributed by atoms with Gasteiger partial charge in [-0.2, -0.15) is 5.26 Å². The molecule has 1 amide bonds. The number of likely N-dealkylation sites (N-methyl/N-ethyl adjacent to an activating group) is 1. The molecule has 0 unspecified atom stereocenters. The van der Waals surface area contributed by atoms with E-state index in [0.29, 0.717) is 25.5 Å². The highest BCUT2D eigenvalue weighted by molar-refractivity contribution is 7.80. The van der Waals surface area contributed by atoms with E-state index in [0.717, 1.165) is 12.8 Å². The molecule has 1 aliphatic heterocycles. The summed E-state index contributed by atoms with van der Waals surface area (Å²) in [4.78, 5) is 13.6. The van der Waals surface area contributed by atoms with E-state index in [9.17, 15) is 10.1 Å². The number of thiocarbonyl (C=S) groups is 1. The second kappa shape index (κ2) is 6.44. The van der Waals surface area contributed by atoms with Crippen molar-refractivity contribution in [3.8, 4) is 6.07 Å². The molecule has 0 aromatic rings. The molecule has 21 heavy (non-hydrogen) atoms. The molecule has 2 fully saturated rings. The fourth-order valence-electron chi connectivity index (χ4n) is 2.93. The number of carbonyl (C=O) groups is 1. The maximum absolute atomic E-state index is 11.9. The summed E-state index contributed by atoms with van der Waals surface area (Å²) in [6.07, 6.45) is 4.80. The van der Waals surface area contributed by atoms with E-state index in [1.165, 1.54) is 17.7 Å². The molecule has 1 aliphatic carbocycles. The Kier molecular flexibility index (Phi) is 4.84. The summed E-state index contributed by atoms with van der Waals surface area (Å²) in [6, 6.07) is 2.10. The minimum atomic E-state index is -0.0792. The predicted octanol–water partition coefficient (Wildman–Crippen LogP) is 2.24. The van der Waals surface area contributed by atoms with E-state index in [1.807, 2.05) is 6.92 Å². The lowest BCUT2D eigenvalue weighted by Gasteiger charge is -2.22. The van der Waals surface area contributed by atoms with Crippen molar-refractivity contribution in [1.29, 1.82) is 5.26 Å². The SMILES string of the molecule is CCC(=O)N(CC)C(=S)C(C#N)=C1NC2(CCCC2)CO1. The molecule has 2 rings (SSSR count). The van der Waals surface area contributed by atoms with E-state index in [4.69, 9.17) is 17.0 Å². The fourth-order valence-corrected chi connectivity index (χ4v) is 3.30. The standard InChI is InChI=1S/C15H21N3O2S/c1-3-12(19)18(4-2)14(21)11(9-16)13-17-15(10-20-13)7-5-6-8-15/h17H,3-8,10H2,1-2H3. The van der Waals surface area contributed by atoms with Crippen LogP contribution >= 0.6 is 12.2 Å². The summed E-state index contributed by atoms with van der Waals surface area (Å²) in [5.41, 5.74) is 0.219. The summed E-state index contributed by atoms with van der Waals surface area (Å²) in [5.74, 6) is 0.358. The number of ether oxygens (including phenoxy) is 1. The summed E-state index contributed by atoms with van der Waals surface area (Å²) < 4.78 is 5.69. The first kappa shape index (κ1) is 15.8. The molecule has 0 aromatic carbocycles. The van der Waals surface area contributed by atoms with Gasteiger partial charge in [0.15, 0.2) is 0 Å². The normalized spacial score (nSPS) is 21.4. The molecule has 1 heterocycles. The Bertz CT molecular complexity index is 516. The average molecular weight is 307 g/mol. The summed E-state index contributed by atoms with van der Waals surface area (Å²) in [6.45, 7) is 4.66. The van der Waals surface area contributed by atoms with Crippen LogP contribution in [0.25, 0.3) is 0 Å². The zero-order valence-electron chi connectivity index (χ0n) is 12.6. The van der Waals surface area contributed by atoms with Crippen LogP contribution in [0, 0.1) is 11.3 Å². The van der Waals surface area contributed by atoms with Crippen molar-refractivity contribution in [3.05, 3.63) is 11.5 Å². The molecular formula is C15H21N3O2S. The number of nitrogens with zero attached hydrogens (tertiary/aromatic N) is 2. The lowest BCUT2D eigenvalue weighted by Crippen LogP contribution is -2.40. The number of carbonyl (C=O) groups excluding carboxylic acids is 1. The van der Waals surface area contributed by atoms with Crippen LogP contribution in [0.5, 0.6) is 0 Å². The molecule has 1 saturated heterocycles. The Hall–Kier alpha value is -1.61. The minimum Gasteiger partial charge on any atom is -0.476 e. The Morgan fingerprint density at radius 3 is 2.67 bits per heavy atom. The molecule has 1 N–H and O–H groups in total. The van der Waals surface area contributed by atoms with Crippen LogP contribution < -0.4 is 5.32 Å². The monoisotopic (exact) mass is 307 g/mol. The number of hydrogen-bond acceptors (Lipinski definition) is 5. The van der Waals surface area contributed by atoms with Crippen LogP contribution in [0.4, 0.5) is 0 Å². The van der Waals surface area contributed by atoms with Crippen LogP contribution in [-0.4, -0.2) is 34.5 Å². The van der Waals surface area contributed by atoms with E-state index in [-0.39, 0.29) is 22.0 Å². The number of hydrogen-bond donors (Lipinski definition) is 1. The zero-order chi connectivity index (χ0) is 15.5. The van der Waals surface area contributed by atoms with Gasteiger partial charge in [-0.1, -0.05) is 32.0 Å². The average Bonchev–Trinajstić information content (AvgIpc) is 3.11. The van der Waals surface area contributed by atoms with E-state index in [1.54, 1.807) is 6.92 Å². The Morgan fingerprint density at radius 2 is 2.14 bits per heavy atom. The molecule has 114 valence electrons. The van der Waals surface area contributed by atoms with Crippen LogP contribution in [0.15, 0.2) is 11.5 Å². The molecule has 1 saturated carbocycles. The number of amides is 1. The molecule has 0 radical (unpaired) electrons. The topological polar surface area (TPSA) is 65.4 Å². The van der Waals surface area contributed by atoms with Crippen molar-refractivity contribution in [2.75, 3.05) is 13.2 Å². The van der Waals surface area contributed by atoms with Gasteiger partial charge in [-0.05, 0) is 19.8 Å². The highest BCUT2D eigenvalue weighted by Gasteiger charge is 2.41. The largest absolute Gasteiger partial charge is 0.476 e. The fraction of sp³-hybridized carbons (Fsp3) is 0.667. The van der Waals surface area contributed by atoms with Gasteiger partial charge in [-0.15, -0.1) is 0 Å². The van der Waals surface area contributed by atoms with Gasteiger partial charge in [0, 0.05) is 13.0 Å². The van der Waals surface area contributed by atoms with Crippen molar-refractivity contribution >= 4 is 23.1 Å². The Balaban J connectivity index is 2.23. The van der Waals surface area contributed by atoms with Gasteiger partial charge in [0.05, 0.1) is 5.54 Å². The van der Waals surface area contributed by atoms with Gasteiger partial charge in [0.2, 0.25) is 11.8 Å². The third-order valence-corrected chi connectivity index (χ3v) is 4.57. The highest BCUT2D eigenvalue weighted by atomic mass is 32.1. The van der Waals surface area contributed by atoms with Gasteiger partial charge >= 0.3 is 0 Å². The second-order valence-corrected chi connectivity index (χ2v) is 5.90. The maximum Gasteiger partial charge on any atom is 0.227 e.